The molecule has 0 bridgehead atoms. The van der Waals surface area contributed by atoms with E-state index in [2.05, 4.69) is 26.6 Å². The number of likely N-dealkylation sites (N-methyl/N-ethyl adjacent to an activating group) is 1. The summed E-state index contributed by atoms with van der Waals surface area (Å²) >= 11 is 3.28. The van der Waals surface area contributed by atoms with Gasteiger partial charge in [0, 0.05) is 11.0 Å². The van der Waals surface area contributed by atoms with Gasteiger partial charge >= 0.3 is 5.97 Å². The van der Waals surface area contributed by atoms with E-state index in [0.29, 0.717) is 12.3 Å². The number of esters is 1. The summed E-state index contributed by atoms with van der Waals surface area (Å²) in [5, 5.41) is 5.00. The van der Waals surface area contributed by atoms with Crippen molar-refractivity contribution >= 4 is 33.7 Å². The predicted molar refractivity (Wildman–Crippen MR) is 86.9 cm³/mol. The van der Waals surface area contributed by atoms with Gasteiger partial charge < -0.3 is 20.1 Å². The summed E-state index contributed by atoms with van der Waals surface area (Å²) in [5.41, 5.74) is 0. The smallest absolute Gasteiger partial charge is 0.344 e. The van der Waals surface area contributed by atoms with Crippen LogP contribution in [0.3, 0.4) is 0 Å². The number of carbonyl (C=O) groups is 3. The number of hydrogen-bond acceptors (Lipinski definition) is 5. The maximum atomic E-state index is 11.6. The van der Waals surface area contributed by atoms with Crippen molar-refractivity contribution in [3.05, 3.63) is 28.7 Å². The van der Waals surface area contributed by atoms with Crippen LogP contribution in [-0.2, 0) is 19.1 Å². The molecule has 2 amide bonds. The zero-order chi connectivity index (χ0) is 17.2. The van der Waals surface area contributed by atoms with Crippen LogP contribution in [0, 0.1) is 0 Å². The standard InChI is InChI=1S/C15H19BrN2O5/c1-3-17-15(21)10(2)18-13(19)8-23-14(20)9-22-12-6-4-5-11(16)7-12/h4-7,10H,3,8-9H2,1-2H3,(H,17,21)(H,18,19)/t10-/m1/s1. The molecule has 2 N–H and O–H groups in total. The summed E-state index contributed by atoms with van der Waals surface area (Å²) < 4.78 is 10.8. The average molecular weight is 387 g/mol. The molecule has 0 radical (unpaired) electrons. The van der Waals surface area contributed by atoms with Gasteiger partial charge in [0.25, 0.3) is 5.91 Å². The molecule has 1 atom stereocenters. The fourth-order valence-corrected chi connectivity index (χ4v) is 1.94. The Morgan fingerprint density at radius 1 is 1.26 bits per heavy atom. The fraction of sp³-hybridized carbons (Fsp3) is 0.400. The molecule has 0 aliphatic carbocycles. The Kier molecular flexibility index (Phi) is 8.10. The number of nitrogens with one attached hydrogen (secondary N) is 2. The minimum Gasteiger partial charge on any atom is -0.482 e. The molecule has 0 spiro atoms. The Hall–Kier alpha value is -2.09. The number of hydrogen-bond donors (Lipinski definition) is 2. The van der Waals surface area contributed by atoms with E-state index in [4.69, 9.17) is 9.47 Å². The van der Waals surface area contributed by atoms with Gasteiger partial charge in [-0.15, -0.1) is 0 Å². The van der Waals surface area contributed by atoms with Crippen LogP contribution in [0.25, 0.3) is 0 Å². The molecular weight excluding hydrogens is 368 g/mol. The second-order valence-corrected chi connectivity index (χ2v) is 5.51. The van der Waals surface area contributed by atoms with Gasteiger partial charge in [-0.3, -0.25) is 9.59 Å². The third kappa shape index (κ3) is 7.64. The lowest BCUT2D eigenvalue weighted by molar-refractivity contribution is -0.150. The highest BCUT2D eigenvalue weighted by Crippen LogP contribution is 2.17. The zero-order valence-corrected chi connectivity index (χ0v) is 14.5. The second kappa shape index (κ2) is 9.83. The number of carbonyl (C=O) groups excluding carboxylic acids is 3. The molecule has 0 saturated carbocycles. The molecule has 126 valence electrons. The molecule has 1 aromatic rings. The average Bonchev–Trinajstić information content (AvgIpc) is 2.51. The van der Waals surface area contributed by atoms with Crippen molar-refractivity contribution in [2.45, 2.75) is 19.9 Å². The van der Waals surface area contributed by atoms with E-state index in [-0.39, 0.29) is 12.5 Å². The second-order valence-electron chi connectivity index (χ2n) is 4.59. The minimum absolute atomic E-state index is 0.301. The minimum atomic E-state index is -0.695. The van der Waals surface area contributed by atoms with Crippen molar-refractivity contribution in [1.82, 2.24) is 10.6 Å². The maximum absolute atomic E-state index is 11.6. The molecule has 7 nitrogen and oxygen atoms in total. The molecule has 0 aliphatic heterocycles. The van der Waals surface area contributed by atoms with Crippen LogP contribution >= 0.6 is 15.9 Å². The van der Waals surface area contributed by atoms with Crippen LogP contribution in [0.4, 0.5) is 0 Å². The molecule has 0 heterocycles. The predicted octanol–water partition coefficient (Wildman–Crippen LogP) is 1.01. The number of benzene rings is 1. The molecule has 0 fully saturated rings. The van der Waals surface area contributed by atoms with Crippen molar-refractivity contribution in [3.8, 4) is 5.75 Å². The Morgan fingerprint density at radius 3 is 2.65 bits per heavy atom. The summed E-state index contributed by atoms with van der Waals surface area (Å²) in [4.78, 5) is 34.5. The molecule has 23 heavy (non-hydrogen) atoms. The van der Waals surface area contributed by atoms with E-state index in [1.54, 1.807) is 32.0 Å². The molecule has 8 heteroatoms. The number of rotatable bonds is 8. The zero-order valence-electron chi connectivity index (χ0n) is 12.9. The Balaban J connectivity index is 2.27. The number of amides is 2. The van der Waals surface area contributed by atoms with Crippen LogP contribution in [0.2, 0.25) is 0 Å². The van der Waals surface area contributed by atoms with Crippen LogP contribution < -0.4 is 15.4 Å². The van der Waals surface area contributed by atoms with Crippen molar-refractivity contribution in [3.63, 3.8) is 0 Å². The fourth-order valence-electron chi connectivity index (χ4n) is 1.56. The third-order valence-corrected chi connectivity index (χ3v) is 3.13. The Morgan fingerprint density at radius 2 is 2.00 bits per heavy atom. The first-order valence-corrected chi connectivity index (χ1v) is 7.82. The van der Waals surface area contributed by atoms with Gasteiger partial charge in [0.05, 0.1) is 0 Å². The first-order chi connectivity index (χ1) is 10.9. The quantitative estimate of drug-likeness (QED) is 0.650. The van der Waals surface area contributed by atoms with Gasteiger partial charge in [0.1, 0.15) is 11.8 Å². The molecule has 0 aliphatic rings. The normalized spacial score (nSPS) is 11.3. The first-order valence-electron chi connectivity index (χ1n) is 7.03. The van der Waals surface area contributed by atoms with Gasteiger partial charge in [0.15, 0.2) is 13.2 Å². The van der Waals surface area contributed by atoms with Gasteiger partial charge in [0.2, 0.25) is 5.91 Å². The SMILES string of the molecule is CCNC(=O)[C@@H](C)NC(=O)COC(=O)COc1cccc(Br)c1. The van der Waals surface area contributed by atoms with E-state index in [9.17, 15) is 14.4 Å². The lowest BCUT2D eigenvalue weighted by Crippen LogP contribution is -2.46. The lowest BCUT2D eigenvalue weighted by Gasteiger charge is -2.13. The summed E-state index contributed by atoms with van der Waals surface area (Å²) in [6.45, 7) is 3.02. The highest BCUT2D eigenvalue weighted by atomic mass is 79.9. The van der Waals surface area contributed by atoms with E-state index < -0.39 is 24.5 Å². The van der Waals surface area contributed by atoms with Crippen molar-refractivity contribution in [2.75, 3.05) is 19.8 Å². The van der Waals surface area contributed by atoms with Crippen molar-refractivity contribution in [1.29, 1.82) is 0 Å². The largest absolute Gasteiger partial charge is 0.482 e. The molecule has 1 aromatic carbocycles. The molecule has 1 rings (SSSR count). The lowest BCUT2D eigenvalue weighted by atomic mass is 10.3. The summed E-state index contributed by atoms with van der Waals surface area (Å²) in [7, 11) is 0. The maximum Gasteiger partial charge on any atom is 0.344 e. The van der Waals surface area contributed by atoms with E-state index in [1.165, 1.54) is 0 Å². The Bertz CT molecular complexity index is 565. The molecular formula is C15H19BrN2O5. The van der Waals surface area contributed by atoms with E-state index in [1.807, 2.05) is 6.07 Å². The van der Waals surface area contributed by atoms with Gasteiger partial charge in [-0.2, -0.15) is 0 Å². The van der Waals surface area contributed by atoms with E-state index >= 15 is 0 Å². The highest BCUT2D eigenvalue weighted by Gasteiger charge is 2.16. The topological polar surface area (TPSA) is 93.7 Å². The molecule has 0 aromatic heterocycles. The van der Waals surface area contributed by atoms with Crippen LogP contribution in [0.1, 0.15) is 13.8 Å². The highest BCUT2D eigenvalue weighted by molar-refractivity contribution is 9.10. The van der Waals surface area contributed by atoms with Crippen LogP contribution in [-0.4, -0.2) is 43.6 Å². The summed E-state index contributed by atoms with van der Waals surface area (Å²) in [6.07, 6.45) is 0. The summed E-state index contributed by atoms with van der Waals surface area (Å²) in [6, 6.07) is 6.29. The monoisotopic (exact) mass is 386 g/mol. The van der Waals surface area contributed by atoms with Crippen LogP contribution in [0.5, 0.6) is 5.75 Å². The van der Waals surface area contributed by atoms with E-state index in [0.717, 1.165) is 4.47 Å². The molecule has 0 unspecified atom stereocenters. The van der Waals surface area contributed by atoms with Gasteiger partial charge in [-0.1, -0.05) is 22.0 Å². The Labute approximate surface area is 142 Å². The van der Waals surface area contributed by atoms with Crippen molar-refractivity contribution in [2.24, 2.45) is 0 Å². The van der Waals surface area contributed by atoms with Gasteiger partial charge in [-0.05, 0) is 32.0 Å². The van der Waals surface area contributed by atoms with Crippen LogP contribution in [0.15, 0.2) is 28.7 Å². The third-order valence-electron chi connectivity index (χ3n) is 2.64. The number of halogens is 1. The number of ether oxygens (including phenoxy) is 2. The molecule has 0 saturated heterocycles. The first kappa shape index (κ1) is 19.0. The van der Waals surface area contributed by atoms with Crippen molar-refractivity contribution < 1.29 is 23.9 Å². The van der Waals surface area contributed by atoms with Gasteiger partial charge in [-0.25, -0.2) is 4.79 Å². The summed E-state index contributed by atoms with van der Waals surface area (Å²) in [5.74, 6) is -1.03.